The lowest BCUT2D eigenvalue weighted by Crippen LogP contribution is -1.96. The molecule has 0 aromatic rings. The summed E-state index contributed by atoms with van der Waals surface area (Å²) in [5, 5.41) is 0. The van der Waals surface area contributed by atoms with E-state index in [1.54, 1.807) is 0 Å². The highest BCUT2D eigenvalue weighted by molar-refractivity contribution is 5.25. The summed E-state index contributed by atoms with van der Waals surface area (Å²) >= 11 is 0. The Morgan fingerprint density at radius 2 is 1.75 bits per heavy atom. The van der Waals surface area contributed by atoms with Crippen molar-refractivity contribution in [2.45, 2.75) is 53.4 Å². The molecule has 0 heteroatoms. The lowest BCUT2D eigenvalue weighted by Gasteiger charge is -2.11. The Morgan fingerprint density at radius 3 is 2.25 bits per heavy atom. The van der Waals surface area contributed by atoms with Gasteiger partial charge in [-0.15, -0.1) is 0 Å². The topological polar surface area (TPSA) is 0 Å². The number of hydrogen-bond acceptors (Lipinski definition) is 0. The van der Waals surface area contributed by atoms with Crippen LogP contribution in [0.3, 0.4) is 0 Å². The summed E-state index contributed by atoms with van der Waals surface area (Å²) in [6.45, 7) is 17.1. The van der Waals surface area contributed by atoms with Crippen molar-refractivity contribution >= 4 is 0 Å². The smallest absolute Gasteiger partial charge is 0.0196 e. The summed E-state index contributed by atoms with van der Waals surface area (Å²) < 4.78 is 0. The van der Waals surface area contributed by atoms with E-state index < -0.39 is 0 Å². The van der Waals surface area contributed by atoms with Gasteiger partial charge in [-0.3, -0.25) is 0 Å². The molecule has 0 heterocycles. The molecule has 0 aromatic carbocycles. The quantitative estimate of drug-likeness (QED) is 0.472. The van der Waals surface area contributed by atoms with Crippen LogP contribution in [-0.2, 0) is 0 Å². The molecule has 0 aliphatic carbocycles. The second-order valence-corrected chi connectivity index (χ2v) is 5.21. The molecule has 0 spiro atoms. The first-order valence-corrected chi connectivity index (χ1v) is 6.52. The summed E-state index contributed by atoms with van der Waals surface area (Å²) in [4.78, 5) is 0. The van der Waals surface area contributed by atoms with Crippen molar-refractivity contribution < 1.29 is 0 Å². The Labute approximate surface area is 102 Å². The van der Waals surface area contributed by atoms with Gasteiger partial charge in [0.15, 0.2) is 0 Å². The van der Waals surface area contributed by atoms with Gasteiger partial charge in [-0.05, 0) is 24.7 Å². The Morgan fingerprint density at radius 1 is 1.12 bits per heavy atom. The number of unbranched alkanes of at least 4 members (excludes halogenated alkanes) is 1. The molecule has 0 N–H and O–H groups in total. The van der Waals surface area contributed by atoms with Crippen LogP contribution in [0.5, 0.6) is 0 Å². The third-order valence-electron chi connectivity index (χ3n) is 2.83. The standard InChI is InChI=1S/C16H28/c1-7-8-9-15(5)16(6)11-10-14(4)12-13(2)3/h10-11,13,15H,4,6-9,12H2,1-3,5H3/b11-10-. The van der Waals surface area contributed by atoms with E-state index in [4.69, 9.17) is 0 Å². The molecule has 0 nitrogen and oxygen atoms in total. The summed E-state index contributed by atoms with van der Waals surface area (Å²) in [6, 6.07) is 0. The van der Waals surface area contributed by atoms with Crippen molar-refractivity contribution in [1.82, 2.24) is 0 Å². The molecule has 0 amide bonds. The van der Waals surface area contributed by atoms with Crippen LogP contribution in [0.25, 0.3) is 0 Å². The van der Waals surface area contributed by atoms with E-state index in [-0.39, 0.29) is 0 Å². The average molecular weight is 220 g/mol. The molecular formula is C16H28. The maximum atomic E-state index is 4.13. The molecule has 92 valence electrons. The van der Waals surface area contributed by atoms with E-state index in [1.165, 1.54) is 30.4 Å². The molecule has 0 saturated carbocycles. The lowest BCUT2D eigenvalue weighted by atomic mass is 9.95. The van der Waals surface area contributed by atoms with Crippen LogP contribution in [0.4, 0.5) is 0 Å². The normalized spacial score (nSPS) is 13.3. The number of hydrogen-bond donors (Lipinski definition) is 0. The van der Waals surface area contributed by atoms with Gasteiger partial charge in [-0.1, -0.05) is 77.0 Å². The largest absolute Gasteiger partial charge is 0.0958 e. The van der Waals surface area contributed by atoms with Gasteiger partial charge in [-0.25, -0.2) is 0 Å². The first-order chi connectivity index (χ1) is 7.47. The number of rotatable bonds is 8. The Balaban J connectivity index is 4.02. The predicted octanol–water partition coefficient (Wildman–Crippen LogP) is 5.53. The highest BCUT2D eigenvalue weighted by atomic mass is 14.1. The molecule has 0 rings (SSSR count). The van der Waals surface area contributed by atoms with E-state index in [0.717, 1.165) is 6.42 Å². The fourth-order valence-electron chi connectivity index (χ4n) is 1.68. The molecule has 0 bridgehead atoms. The minimum atomic E-state index is 0.600. The molecule has 0 aliphatic rings. The summed E-state index contributed by atoms with van der Waals surface area (Å²) in [5.41, 5.74) is 2.44. The fraction of sp³-hybridized carbons (Fsp3) is 0.625. The third-order valence-corrected chi connectivity index (χ3v) is 2.83. The van der Waals surface area contributed by atoms with Gasteiger partial charge >= 0.3 is 0 Å². The van der Waals surface area contributed by atoms with Crippen molar-refractivity contribution in [2.75, 3.05) is 0 Å². The summed E-state index contributed by atoms with van der Waals surface area (Å²) in [5.74, 6) is 1.28. The fourth-order valence-corrected chi connectivity index (χ4v) is 1.68. The van der Waals surface area contributed by atoms with Crippen LogP contribution in [0.2, 0.25) is 0 Å². The maximum absolute atomic E-state index is 4.13. The number of allylic oxidation sites excluding steroid dienone is 4. The predicted molar refractivity (Wildman–Crippen MR) is 75.6 cm³/mol. The van der Waals surface area contributed by atoms with Crippen LogP contribution in [0, 0.1) is 11.8 Å². The molecule has 0 saturated heterocycles. The SMILES string of the molecule is C=C(/C=C\C(=C)C(C)CCCC)CC(C)C. The average Bonchev–Trinajstić information content (AvgIpc) is 2.21. The molecule has 1 atom stereocenters. The second kappa shape index (κ2) is 8.38. The lowest BCUT2D eigenvalue weighted by molar-refractivity contribution is 0.582. The molecule has 16 heavy (non-hydrogen) atoms. The monoisotopic (exact) mass is 220 g/mol. The summed E-state index contributed by atoms with van der Waals surface area (Å²) in [6.07, 6.45) is 9.15. The van der Waals surface area contributed by atoms with Crippen LogP contribution in [0.15, 0.2) is 36.5 Å². The van der Waals surface area contributed by atoms with Gasteiger partial charge in [0.2, 0.25) is 0 Å². The minimum absolute atomic E-state index is 0.600. The van der Waals surface area contributed by atoms with Gasteiger partial charge in [0.1, 0.15) is 0 Å². The van der Waals surface area contributed by atoms with Gasteiger partial charge in [0.05, 0.1) is 0 Å². The minimum Gasteiger partial charge on any atom is -0.0958 e. The van der Waals surface area contributed by atoms with Gasteiger partial charge in [0.25, 0.3) is 0 Å². The summed E-state index contributed by atoms with van der Waals surface area (Å²) in [7, 11) is 0. The first-order valence-electron chi connectivity index (χ1n) is 6.52. The molecule has 0 aliphatic heterocycles. The first kappa shape index (κ1) is 15.2. The van der Waals surface area contributed by atoms with Crippen LogP contribution >= 0.6 is 0 Å². The van der Waals surface area contributed by atoms with Crippen molar-refractivity contribution in [3.8, 4) is 0 Å². The van der Waals surface area contributed by atoms with Crippen molar-refractivity contribution in [3.05, 3.63) is 36.5 Å². The van der Waals surface area contributed by atoms with E-state index in [0.29, 0.717) is 11.8 Å². The zero-order valence-corrected chi connectivity index (χ0v) is 11.6. The molecular weight excluding hydrogens is 192 g/mol. The van der Waals surface area contributed by atoms with Gasteiger partial charge < -0.3 is 0 Å². The zero-order chi connectivity index (χ0) is 12.6. The van der Waals surface area contributed by atoms with E-state index in [9.17, 15) is 0 Å². The highest BCUT2D eigenvalue weighted by Gasteiger charge is 2.03. The van der Waals surface area contributed by atoms with E-state index in [2.05, 4.69) is 53.0 Å². The third kappa shape index (κ3) is 7.50. The Hall–Kier alpha value is -0.780. The van der Waals surface area contributed by atoms with Crippen LogP contribution in [0.1, 0.15) is 53.4 Å². The zero-order valence-electron chi connectivity index (χ0n) is 11.6. The van der Waals surface area contributed by atoms with E-state index >= 15 is 0 Å². The highest BCUT2D eigenvalue weighted by Crippen LogP contribution is 2.18. The van der Waals surface area contributed by atoms with Crippen LogP contribution < -0.4 is 0 Å². The molecule has 0 radical (unpaired) electrons. The van der Waals surface area contributed by atoms with Gasteiger partial charge in [0, 0.05) is 0 Å². The molecule has 1 unspecified atom stereocenters. The second-order valence-electron chi connectivity index (χ2n) is 5.21. The van der Waals surface area contributed by atoms with E-state index in [1.807, 2.05) is 0 Å². The van der Waals surface area contributed by atoms with Crippen LogP contribution in [-0.4, -0.2) is 0 Å². The van der Waals surface area contributed by atoms with Crippen molar-refractivity contribution in [2.24, 2.45) is 11.8 Å². The maximum Gasteiger partial charge on any atom is -0.0196 e. The van der Waals surface area contributed by atoms with Crippen molar-refractivity contribution in [3.63, 3.8) is 0 Å². The van der Waals surface area contributed by atoms with Gasteiger partial charge in [-0.2, -0.15) is 0 Å². The molecule has 0 aromatic heterocycles. The Kier molecular flexibility index (Phi) is 7.97. The molecule has 0 fully saturated rings. The van der Waals surface area contributed by atoms with Crippen molar-refractivity contribution in [1.29, 1.82) is 0 Å². The Bertz CT molecular complexity index is 243.